The molecular formula is C8H4O5S. The Hall–Kier alpha value is -1.53. The monoisotopic (exact) mass is 212 g/mol. The highest BCUT2D eigenvalue weighted by Crippen LogP contribution is 2.12. The average molecular weight is 212 g/mol. The number of hydrogen-bond donors (Lipinski definition) is 1. The molecule has 0 heterocycles. The van der Waals surface area contributed by atoms with Gasteiger partial charge in [-0.05, 0) is 18.2 Å². The van der Waals surface area contributed by atoms with Crippen LogP contribution in [0, 0.1) is 0 Å². The van der Waals surface area contributed by atoms with Gasteiger partial charge in [0.25, 0.3) is 10.1 Å². The molecule has 0 saturated carbocycles. The fraction of sp³-hybridized carbons (Fsp3) is 0. The van der Waals surface area contributed by atoms with E-state index < -0.39 is 15.0 Å². The average Bonchev–Trinajstić information content (AvgIpc) is 2.15. The van der Waals surface area contributed by atoms with Gasteiger partial charge in [-0.25, -0.2) is 0 Å². The van der Waals surface area contributed by atoms with E-state index in [0.717, 1.165) is 18.2 Å². The van der Waals surface area contributed by atoms with Gasteiger partial charge in [0, 0.05) is 11.1 Å². The summed E-state index contributed by atoms with van der Waals surface area (Å²) in [6.07, 6.45) is 2.81. The van der Waals surface area contributed by atoms with Crippen molar-refractivity contribution < 1.29 is 22.6 Å². The summed E-state index contributed by atoms with van der Waals surface area (Å²) in [6.45, 7) is 0. The van der Waals surface area contributed by atoms with E-state index in [2.05, 4.69) is 0 Å². The summed E-state index contributed by atoms with van der Waals surface area (Å²) >= 11 is 0. The molecule has 0 aliphatic rings. The van der Waals surface area contributed by atoms with E-state index in [9.17, 15) is 18.0 Å². The van der Waals surface area contributed by atoms with Crippen molar-refractivity contribution in [3.05, 3.63) is 29.3 Å². The van der Waals surface area contributed by atoms with Crippen LogP contribution in [0.25, 0.3) is 0 Å². The molecule has 0 atom stereocenters. The van der Waals surface area contributed by atoms with Crippen LogP contribution in [0.4, 0.5) is 0 Å². The smallest absolute Gasteiger partial charge is 0.285 e. The summed E-state index contributed by atoms with van der Waals surface area (Å²) in [6, 6.07) is 2.91. The van der Waals surface area contributed by atoms with Gasteiger partial charge >= 0.3 is 0 Å². The second kappa shape index (κ2) is 3.69. The van der Waals surface area contributed by atoms with Crippen molar-refractivity contribution >= 4 is 22.7 Å². The van der Waals surface area contributed by atoms with Gasteiger partial charge in [0.2, 0.25) is 12.6 Å². The SMILES string of the molecule is O=[C]c1ccc(S(=O)(=O)O)cc1[C]=O. The third kappa shape index (κ3) is 2.04. The topological polar surface area (TPSA) is 88.5 Å². The van der Waals surface area contributed by atoms with Crippen molar-refractivity contribution in [2.45, 2.75) is 4.90 Å². The molecule has 2 radical (unpaired) electrons. The van der Waals surface area contributed by atoms with E-state index in [-0.39, 0.29) is 11.1 Å². The maximum Gasteiger partial charge on any atom is 0.294 e. The molecule has 0 aromatic heterocycles. The van der Waals surface area contributed by atoms with E-state index in [4.69, 9.17) is 4.55 Å². The van der Waals surface area contributed by atoms with E-state index in [1.165, 1.54) is 12.6 Å². The van der Waals surface area contributed by atoms with Crippen molar-refractivity contribution in [2.24, 2.45) is 0 Å². The van der Waals surface area contributed by atoms with Crippen molar-refractivity contribution in [3.63, 3.8) is 0 Å². The minimum Gasteiger partial charge on any atom is -0.285 e. The molecule has 0 aliphatic carbocycles. The van der Waals surface area contributed by atoms with Crippen LogP contribution in [0.1, 0.15) is 11.1 Å². The van der Waals surface area contributed by atoms with Crippen LogP contribution in [0.15, 0.2) is 23.1 Å². The third-order valence-corrected chi connectivity index (χ3v) is 2.36. The molecule has 5 nitrogen and oxygen atoms in total. The quantitative estimate of drug-likeness (QED) is 0.704. The van der Waals surface area contributed by atoms with Crippen molar-refractivity contribution in [1.29, 1.82) is 0 Å². The fourth-order valence-electron chi connectivity index (χ4n) is 0.857. The Morgan fingerprint density at radius 3 is 2.07 bits per heavy atom. The predicted molar refractivity (Wildman–Crippen MR) is 45.8 cm³/mol. The van der Waals surface area contributed by atoms with Crippen LogP contribution in [0.5, 0.6) is 0 Å². The molecule has 14 heavy (non-hydrogen) atoms. The summed E-state index contributed by atoms with van der Waals surface area (Å²) in [4.78, 5) is 20.1. The molecule has 6 heteroatoms. The van der Waals surface area contributed by atoms with Gasteiger partial charge in [0.15, 0.2) is 0 Å². The first-order valence-corrected chi connectivity index (χ1v) is 4.81. The lowest BCUT2D eigenvalue weighted by Gasteiger charge is -1.98. The van der Waals surface area contributed by atoms with Gasteiger partial charge in [-0.1, -0.05) is 0 Å². The van der Waals surface area contributed by atoms with Crippen LogP contribution in [-0.4, -0.2) is 25.5 Å². The summed E-state index contributed by atoms with van der Waals surface area (Å²) in [5.41, 5.74) is -0.359. The highest BCUT2D eigenvalue weighted by molar-refractivity contribution is 7.85. The first-order chi connectivity index (χ1) is 6.49. The summed E-state index contributed by atoms with van der Waals surface area (Å²) in [7, 11) is -4.37. The van der Waals surface area contributed by atoms with E-state index in [1.54, 1.807) is 0 Å². The maximum absolute atomic E-state index is 10.6. The lowest BCUT2D eigenvalue weighted by molar-refractivity contribution is 0.483. The Bertz CT molecular complexity index is 475. The third-order valence-electron chi connectivity index (χ3n) is 1.51. The van der Waals surface area contributed by atoms with E-state index in [1.807, 2.05) is 0 Å². The van der Waals surface area contributed by atoms with Gasteiger partial charge in [0.1, 0.15) is 0 Å². The second-order valence-electron chi connectivity index (χ2n) is 2.39. The second-order valence-corrected chi connectivity index (χ2v) is 3.81. The summed E-state index contributed by atoms with van der Waals surface area (Å²) in [5.74, 6) is 0. The highest BCUT2D eigenvalue weighted by atomic mass is 32.2. The molecule has 1 aromatic carbocycles. The molecule has 1 aromatic rings. The molecule has 0 bridgehead atoms. The molecule has 1 rings (SSSR count). The van der Waals surface area contributed by atoms with Gasteiger partial charge in [-0.15, -0.1) is 0 Å². The van der Waals surface area contributed by atoms with Gasteiger partial charge in [-0.2, -0.15) is 8.42 Å². The van der Waals surface area contributed by atoms with Gasteiger partial charge in [-0.3, -0.25) is 14.1 Å². The van der Waals surface area contributed by atoms with E-state index in [0.29, 0.717) is 0 Å². The maximum atomic E-state index is 10.6. The number of rotatable bonds is 3. The number of hydrogen-bond acceptors (Lipinski definition) is 4. The predicted octanol–water partition coefficient (Wildman–Crippen LogP) is -0.151. The molecule has 0 unspecified atom stereocenters. The van der Waals surface area contributed by atoms with Crippen LogP contribution in [0.3, 0.4) is 0 Å². The largest absolute Gasteiger partial charge is 0.294 e. The zero-order chi connectivity index (χ0) is 10.8. The van der Waals surface area contributed by atoms with Gasteiger partial charge < -0.3 is 0 Å². The molecule has 72 valence electrons. The Morgan fingerprint density at radius 2 is 1.64 bits per heavy atom. The van der Waals surface area contributed by atoms with Crippen molar-refractivity contribution in [1.82, 2.24) is 0 Å². The summed E-state index contributed by atoms with van der Waals surface area (Å²) < 4.78 is 29.9. The minimum atomic E-state index is -4.37. The Kier molecular flexibility index (Phi) is 2.78. The van der Waals surface area contributed by atoms with Crippen LogP contribution in [0.2, 0.25) is 0 Å². The Labute approximate surface area is 80.1 Å². The molecular weight excluding hydrogens is 208 g/mol. The Balaban J connectivity index is 3.42. The molecule has 0 spiro atoms. The fourth-order valence-corrected chi connectivity index (χ4v) is 1.36. The zero-order valence-electron chi connectivity index (χ0n) is 6.72. The van der Waals surface area contributed by atoms with E-state index >= 15 is 0 Å². The standard InChI is InChI=1S/C8H4O5S/c9-4-6-1-2-8(14(11,12)13)3-7(6)5-10/h1-3H,(H,11,12,13). The zero-order valence-corrected chi connectivity index (χ0v) is 7.54. The van der Waals surface area contributed by atoms with Crippen molar-refractivity contribution in [3.8, 4) is 0 Å². The Morgan fingerprint density at radius 1 is 1.07 bits per heavy atom. The van der Waals surface area contributed by atoms with Gasteiger partial charge in [0.05, 0.1) is 4.90 Å². The molecule has 0 saturated heterocycles. The first-order valence-electron chi connectivity index (χ1n) is 3.37. The number of carbonyl (C=O) groups excluding carboxylic acids is 2. The first kappa shape index (κ1) is 10.6. The van der Waals surface area contributed by atoms with Crippen LogP contribution < -0.4 is 0 Å². The normalized spacial score (nSPS) is 10.9. The lowest BCUT2D eigenvalue weighted by atomic mass is 10.1. The van der Waals surface area contributed by atoms with Crippen LogP contribution in [-0.2, 0) is 19.7 Å². The number of benzene rings is 1. The minimum absolute atomic E-state index is 0.104. The highest BCUT2D eigenvalue weighted by Gasteiger charge is 2.12. The summed E-state index contributed by atoms with van der Waals surface area (Å²) in [5, 5.41) is 0. The lowest BCUT2D eigenvalue weighted by Crippen LogP contribution is -2.01. The van der Waals surface area contributed by atoms with Crippen LogP contribution >= 0.6 is 0 Å². The molecule has 1 N–H and O–H groups in total. The molecule has 0 fully saturated rings. The molecule has 0 aliphatic heterocycles. The molecule has 0 amide bonds. The van der Waals surface area contributed by atoms with Crippen molar-refractivity contribution in [2.75, 3.05) is 0 Å².